The van der Waals surface area contributed by atoms with Gasteiger partial charge in [-0.15, -0.1) is 0 Å². The third kappa shape index (κ3) is 1.50. The number of rotatable bonds is 1. The monoisotopic (exact) mass is 196 g/mol. The normalized spacial score (nSPS) is 18.3. The molecule has 0 saturated heterocycles. The van der Waals surface area contributed by atoms with E-state index in [-0.39, 0.29) is 6.10 Å². The van der Waals surface area contributed by atoms with Crippen LogP contribution in [-0.4, -0.2) is 0 Å². The molecule has 0 spiro atoms. The fourth-order valence-corrected chi connectivity index (χ4v) is 2.04. The maximum Gasteiger partial charge on any atom is 0.128 e. The Balaban J connectivity index is 1.91. The molecule has 0 fully saturated rings. The summed E-state index contributed by atoms with van der Waals surface area (Å²) < 4.78 is 5.89. The molecule has 1 atom stereocenters. The van der Waals surface area contributed by atoms with Gasteiger partial charge in [0, 0.05) is 6.42 Å². The summed E-state index contributed by atoms with van der Waals surface area (Å²) in [7, 11) is 0. The number of fused-ring (bicyclic) bond motifs is 1. The third-order valence-electron chi connectivity index (χ3n) is 2.82. The van der Waals surface area contributed by atoms with Gasteiger partial charge in [-0.1, -0.05) is 48.5 Å². The maximum absolute atomic E-state index is 5.89. The lowest BCUT2D eigenvalue weighted by atomic mass is 10.0. The van der Waals surface area contributed by atoms with Gasteiger partial charge in [0.25, 0.3) is 0 Å². The number of hydrogen-bond donors (Lipinski definition) is 0. The summed E-state index contributed by atoms with van der Waals surface area (Å²) in [6, 6.07) is 18.7. The predicted octanol–water partition coefficient (Wildman–Crippen LogP) is 3.36. The molecule has 15 heavy (non-hydrogen) atoms. The van der Waals surface area contributed by atoms with Gasteiger partial charge in [0.1, 0.15) is 11.9 Å². The first kappa shape index (κ1) is 8.54. The lowest BCUT2D eigenvalue weighted by molar-refractivity contribution is 0.238. The first-order chi connectivity index (χ1) is 7.43. The second kappa shape index (κ2) is 3.43. The highest BCUT2D eigenvalue weighted by Gasteiger charge is 2.23. The summed E-state index contributed by atoms with van der Waals surface area (Å²) in [5, 5.41) is 0. The van der Waals surface area contributed by atoms with Gasteiger partial charge in [-0.25, -0.2) is 0 Å². The third-order valence-corrected chi connectivity index (χ3v) is 2.82. The molecule has 2 aromatic rings. The topological polar surface area (TPSA) is 9.23 Å². The van der Waals surface area contributed by atoms with Gasteiger partial charge in [-0.2, -0.15) is 0 Å². The number of hydrogen-bond acceptors (Lipinski definition) is 1. The Kier molecular flexibility index (Phi) is 1.95. The van der Waals surface area contributed by atoms with E-state index in [9.17, 15) is 0 Å². The molecule has 2 aromatic carbocycles. The smallest absolute Gasteiger partial charge is 0.128 e. The fraction of sp³-hybridized carbons (Fsp3) is 0.143. The van der Waals surface area contributed by atoms with Crippen molar-refractivity contribution in [3.05, 3.63) is 65.7 Å². The second-order valence-corrected chi connectivity index (χ2v) is 3.83. The van der Waals surface area contributed by atoms with Crippen molar-refractivity contribution in [2.75, 3.05) is 0 Å². The summed E-state index contributed by atoms with van der Waals surface area (Å²) in [6.07, 6.45) is 1.18. The Hall–Kier alpha value is -1.76. The molecule has 1 heterocycles. The SMILES string of the molecule is c1ccc([C@@H]2Cc3ccccc3O2)cc1. The summed E-state index contributed by atoms with van der Waals surface area (Å²) in [6.45, 7) is 0. The van der Waals surface area contributed by atoms with Crippen LogP contribution in [-0.2, 0) is 6.42 Å². The Morgan fingerprint density at radius 2 is 1.60 bits per heavy atom. The highest BCUT2D eigenvalue weighted by atomic mass is 16.5. The lowest BCUT2D eigenvalue weighted by Gasteiger charge is -2.10. The van der Waals surface area contributed by atoms with Crippen LogP contribution in [0.15, 0.2) is 54.6 Å². The van der Waals surface area contributed by atoms with Gasteiger partial charge in [0.15, 0.2) is 0 Å². The van der Waals surface area contributed by atoms with E-state index in [1.54, 1.807) is 0 Å². The van der Waals surface area contributed by atoms with Gasteiger partial charge in [-0.3, -0.25) is 0 Å². The van der Waals surface area contributed by atoms with E-state index in [1.165, 1.54) is 11.1 Å². The zero-order chi connectivity index (χ0) is 10.1. The lowest BCUT2D eigenvalue weighted by Crippen LogP contribution is -2.02. The highest BCUT2D eigenvalue weighted by Crippen LogP contribution is 2.35. The zero-order valence-electron chi connectivity index (χ0n) is 8.39. The van der Waals surface area contributed by atoms with Crippen LogP contribution in [0.1, 0.15) is 17.2 Å². The van der Waals surface area contributed by atoms with Crippen LogP contribution in [0.25, 0.3) is 0 Å². The molecule has 74 valence electrons. The van der Waals surface area contributed by atoms with Crippen molar-refractivity contribution in [2.45, 2.75) is 12.5 Å². The van der Waals surface area contributed by atoms with Gasteiger partial charge < -0.3 is 4.74 Å². The predicted molar refractivity (Wildman–Crippen MR) is 60.0 cm³/mol. The van der Waals surface area contributed by atoms with E-state index in [0.717, 1.165) is 12.2 Å². The van der Waals surface area contributed by atoms with E-state index < -0.39 is 0 Å². The summed E-state index contributed by atoms with van der Waals surface area (Å²) in [4.78, 5) is 0. The van der Waals surface area contributed by atoms with Gasteiger partial charge in [0.2, 0.25) is 0 Å². The van der Waals surface area contributed by atoms with Crippen molar-refractivity contribution in [1.82, 2.24) is 0 Å². The Bertz CT molecular complexity index is 437. The molecule has 0 aromatic heterocycles. The van der Waals surface area contributed by atoms with Crippen LogP contribution in [0.5, 0.6) is 5.75 Å². The molecular formula is C14H12O. The average molecular weight is 196 g/mol. The van der Waals surface area contributed by atoms with Gasteiger partial charge in [0.05, 0.1) is 0 Å². The van der Waals surface area contributed by atoms with Crippen LogP contribution >= 0.6 is 0 Å². The van der Waals surface area contributed by atoms with Crippen molar-refractivity contribution in [2.24, 2.45) is 0 Å². The zero-order valence-corrected chi connectivity index (χ0v) is 8.39. The molecule has 0 amide bonds. The maximum atomic E-state index is 5.89. The van der Waals surface area contributed by atoms with Crippen molar-refractivity contribution >= 4 is 0 Å². The number of benzene rings is 2. The van der Waals surface area contributed by atoms with E-state index >= 15 is 0 Å². The van der Waals surface area contributed by atoms with Crippen molar-refractivity contribution in [1.29, 1.82) is 0 Å². The minimum atomic E-state index is 0.198. The molecule has 3 rings (SSSR count). The average Bonchev–Trinajstić information content (AvgIpc) is 2.74. The van der Waals surface area contributed by atoms with E-state index in [2.05, 4.69) is 36.4 Å². The van der Waals surface area contributed by atoms with Gasteiger partial charge >= 0.3 is 0 Å². The number of para-hydroxylation sites is 1. The molecule has 0 N–H and O–H groups in total. The van der Waals surface area contributed by atoms with Crippen molar-refractivity contribution in [3.8, 4) is 5.75 Å². The molecule has 0 aliphatic carbocycles. The summed E-state index contributed by atoms with van der Waals surface area (Å²) in [5.74, 6) is 1.03. The van der Waals surface area contributed by atoms with E-state index in [0.29, 0.717) is 0 Å². The summed E-state index contributed by atoms with van der Waals surface area (Å²) >= 11 is 0. The van der Waals surface area contributed by atoms with Crippen LogP contribution in [0.3, 0.4) is 0 Å². The largest absolute Gasteiger partial charge is 0.485 e. The first-order valence-corrected chi connectivity index (χ1v) is 5.23. The quantitative estimate of drug-likeness (QED) is 0.679. The minimum Gasteiger partial charge on any atom is -0.485 e. The molecule has 0 unspecified atom stereocenters. The highest BCUT2D eigenvalue weighted by molar-refractivity contribution is 5.39. The second-order valence-electron chi connectivity index (χ2n) is 3.83. The fourth-order valence-electron chi connectivity index (χ4n) is 2.04. The molecule has 0 saturated carbocycles. The molecular weight excluding hydrogens is 184 g/mol. The number of ether oxygens (including phenoxy) is 1. The van der Waals surface area contributed by atoms with E-state index in [1.807, 2.05) is 18.2 Å². The van der Waals surface area contributed by atoms with Crippen LogP contribution in [0, 0.1) is 0 Å². The molecule has 1 aliphatic rings. The van der Waals surface area contributed by atoms with Gasteiger partial charge in [-0.05, 0) is 17.2 Å². The molecule has 0 radical (unpaired) electrons. The summed E-state index contributed by atoms with van der Waals surface area (Å²) in [5.41, 5.74) is 2.57. The molecule has 1 heteroatoms. The van der Waals surface area contributed by atoms with Crippen molar-refractivity contribution < 1.29 is 4.74 Å². The Morgan fingerprint density at radius 3 is 2.40 bits per heavy atom. The molecule has 1 nitrogen and oxygen atoms in total. The Labute approximate surface area is 89.3 Å². The minimum absolute atomic E-state index is 0.198. The standard InChI is InChI=1S/C14H12O/c1-2-6-11(7-3-1)14-10-12-8-4-5-9-13(12)15-14/h1-9,14H,10H2/t14-/m0/s1. The Morgan fingerprint density at radius 1 is 0.867 bits per heavy atom. The van der Waals surface area contributed by atoms with Crippen molar-refractivity contribution in [3.63, 3.8) is 0 Å². The molecule has 1 aliphatic heterocycles. The van der Waals surface area contributed by atoms with Crippen LogP contribution in [0.4, 0.5) is 0 Å². The van der Waals surface area contributed by atoms with Crippen LogP contribution < -0.4 is 4.74 Å². The first-order valence-electron chi connectivity index (χ1n) is 5.23. The van der Waals surface area contributed by atoms with Crippen LogP contribution in [0.2, 0.25) is 0 Å². The van der Waals surface area contributed by atoms with E-state index in [4.69, 9.17) is 4.74 Å². The molecule has 0 bridgehead atoms.